The van der Waals surface area contributed by atoms with Crippen molar-refractivity contribution in [2.45, 2.75) is 69.2 Å². The first-order valence-electron chi connectivity index (χ1n) is 13.0. The molecule has 2 aliphatic carbocycles. The van der Waals surface area contributed by atoms with Gasteiger partial charge < -0.3 is 30.6 Å². The van der Waals surface area contributed by atoms with E-state index in [1.807, 2.05) is 0 Å². The fourth-order valence-corrected chi connectivity index (χ4v) is 5.97. The third-order valence-electron chi connectivity index (χ3n) is 7.62. The smallest absolute Gasteiger partial charge is 0.356 e. The Morgan fingerprint density at radius 3 is 2.69 bits per heavy atom. The summed E-state index contributed by atoms with van der Waals surface area (Å²) in [5, 5.41) is 18.4. The van der Waals surface area contributed by atoms with Crippen LogP contribution in [0, 0.1) is 0 Å². The van der Waals surface area contributed by atoms with Crippen LogP contribution in [0.2, 0.25) is 0 Å². The predicted molar refractivity (Wildman–Crippen MR) is 137 cm³/mol. The number of carboxylic acids is 1. The van der Waals surface area contributed by atoms with E-state index in [1.54, 1.807) is 10.3 Å². The molecule has 6 rings (SSSR count). The number of nitrogens with one attached hydrogen (secondary N) is 1. The molecule has 0 bridgehead atoms. The summed E-state index contributed by atoms with van der Waals surface area (Å²) in [6.45, 7) is 0.533. The lowest BCUT2D eigenvalue weighted by Crippen LogP contribution is -2.73. The fraction of sp³-hybridized carbons (Fsp3) is 0.520. The van der Waals surface area contributed by atoms with Crippen LogP contribution in [0.5, 0.6) is 0 Å². The second-order valence-electron chi connectivity index (χ2n) is 10.2. The Kier molecular flexibility index (Phi) is 6.49. The molecule has 1 aromatic rings. The largest absolute Gasteiger partial charge is 0.489 e. The monoisotopic (exact) mass is 556 g/mol. The second kappa shape index (κ2) is 9.98. The van der Waals surface area contributed by atoms with Gasteiger partial charge in [0.2, 0.25) is 5.91 Å². The van der Waals surface area contributed by atoms with Crippen LogP contribution in [0.15, 0.2) is 33.6 Å². The highest BCUT2D eigenvalue weighted by atomic mass is 32.1. The molecule has 206 valence electrons. The van der Waals surface area contributed by atoms with Crippen LogP contribution < -0.4 is 11.1 Å². The number of amides is 3. The van der Waals surface area contributed by atoms with Crippen molar-refractivity contribution >= 4 is 45.9 Å². The molecule has 1 aromatic heterocycles. The molecule has 0 aromatic carbocycles. The lowest BCUT2D eigenvalue weighted by atomic mass is 9.92. The highest BCUT2D eigenvalue weighted by Gasteiger charge is 2.55. The molecule has 3 amide bonds. The normalized spacial score (nSPS) is 26.6. The number of thiazole rings is 1. The number of hydrogen-bond donors (Lipinski definition) is 3. The number of carbonyl (C=O) groups is 4. The van der Waals surface area contributed by atoms with Crippen LogP contribution in [-0.2, 0) is 28.8 Å². The predicted octanol–water partition coefficient (Wildman–Crippen LogP) is 0.732. The minimum absolute atomic E-state index is 0.0389. The number of nitrogens with two attached hydrogens (primary N) is 1. The molecule has 4 heterocycles. The summed E-state index contributed by atoms with van der Waals surface area (Å²) < 4.78 is 5.76. The Labute approximate surface area is 227 Å². The van der Waals surface area contributed by atoms with Crippen molar-refractivity contribution in [3.05, 3.63) is 34.2 Å². The van der Waals surface area contributed by atoms with Gasteiger partial charge in [0.1, 0.15) is 30.5 Å². The number of β-lactam (4-membered cyclic amide) rings is 1. The van der Waals surface area contributed by atoms with E-state index in [2.05, 4.69) is 15.5 Å². The number of nitrogen functional groups attached to an aromatic ring is 1. The molecule has 0 unspecified atom stereocenters. The van der Waals surface area contributed by atoms with Crippen LogP contribution in [0.1, 0.15) is 50.6 Å². The van der Waals surface area contributed by atoms with E-state index in [-0.39, 0.29) is 52.7 Å². The molecule has 14 heteroatoms. The van der Waals surface area contributed by atoms with E-state index in [0.717, 1.165) is 54.8 Å². The third kappa shape index (κ3) is 4.73. The summed E-state index contributed by atoms with van der Waals surface area (Å²) in [4.78, 5) is 63.9. The Morgan fingerprint density at radius 1 is 1.26 bits per heavy atom. The number of likely N-dealkylation sites (tertiary alicyclic amines) is 1. The van der Waals surface area contributed by atoms with E-state index in [1.165, 1.54) is 6.08 Å². The maximum Gasteiger partial charge on any atom is 0.356 e. The SMILES string of the molecule is Nc1nc(/C(=N/OC2CCCC2)C(=O)N[C@@H]2C(=O)N3C(C(=O)O)=C(/C=C4\CCN(C5CC5)C4=O)OC[C@H]23)cs1. The number of aliphatic carboxylic acids is 1. The van der Waals surface area contributed by atoms with E-state index >= 15 is 0 Å². The zero-order valence-corrected chi connectivity index (χ0v) is 21.8. The number of ether oxygens (including phenoxy) is 1. The minimum atomic E-state index is -1.36. The van der Waals surface area contributed by atoms with Crippen molar-refractivity contribution in [3.63, 3.8) is 0 Å². The maximum atomic E-state index is 13.2. The molecular weight excluding hydrogens is 528 g/mol. The molecule has 2 atom stereocenters. The lowest BCUT2D eigenvalue weighted by Gasteiger charge is -2.49. The Balaban J connectivity index is 1.19. The van der Waals surface area contributed by atoms with Crippen molar-refractivity contribution < 1.29 is 33.9 Å². The van der Waals surface area contributed by atoms with Gasteiger partial charge in [-0.2, -0.15) is 0 Å². The summed E-state index contributed by atoms with van der Waals surface area (Å²) in [6, 6.07) is -1.52. The van der Waals surface area contributed by atoms with Gasteiger partial charge in [-0.3, -0.25) is 19.3 Å². The zero-order chi connectivity index (χ0) is 27.3. The number of fused-ring (bicyclic) bond motifs is 1. The number of anilines is 1. The van der Waals surface area contributed by atoms with Crippen LogP contribution >= 0.6 is 11.3 Å². The molecule has 5 aliphatic rings. The fourth-order valence-electron chi connectivity index (χ4n) is 5.42. The Bertz CT molecular complexity index is 1330. The molecule has 4 fully saturated rings. The highest BCUT2D eigenvalue weighted by Crippen LogP contribution is 2.36. The topological polar surface area (TPSA) is 177 Å². The minimum Gasteiger partial charge on any atom is -0.489 e. The average Bonchev–Trinajstić information content (AvgIpc) is 3.26. The van der Waals surface area contributed by atoms with Crippen LogP contribution in [0.25, 0.3) is 0 Å². The zero-order valence-electron chi connectivity index (χ0n) is 21.0. The summed E-state index contributed by atoms with van der Waals surface area (Å²) in [6.07, 6.45) is 7.47. The maximum absolute atomic E-state index is 13.2. The van der Waals surface area contributed by atoms with E-state index in [0.29, 0.717) is 18.5 Å². The molecule has 3 aliphatic heterocycles. The quantitative estimate of drug-likeness (QED) is 0.180. The number of hydrogen-bond acceptors (Lipinski definition) is 10. The van der Waals surface area contributed by atoms with Gasteiger partial charge in [0.15, 0.2) is 22.3 Å². The van der Waals surface area contributed by atoms with Crippen molar-refractivity contribution in [3.8, 4) is 0 Å². The van der Waals surface area contributed by atoms with Crippen LogP contribution in [-0.4, -0.2) is 86.7 Å². The Morgan fingerprint density at radius 2 is 2.03 bits per heavy atom. The summed E-state index contributed by atoms with van der Waals surface area (Å²) in [5.41, 5.74) is 5.96. The number of rotatable bonds is 8. The number of nitrogens with zero attached hydrogens (tertiary/aromatic N) is 4. The van der Waals surface area contributed by atoms with Crippen molar-refractivity contribution in [1.82, 2.24) is 20.1 Å². The molecule has 39 heavy (non-hydrogen) atoms. The van der Waals surface area contributed by atoms with Gasteiger partial charge >= 0.3 is 5.97 Å². The van der Waals surface area contributed by atoms with Gasteiger partial charge in [-0.15, -0.1) is 11.3 Å². The summed E-state index contributed by atoms with van der Waals surface area (Å²) in [5.74, 6) is -2.82. The molecule has 13 nitrogen and oxygen atoms in total. The molecule has 2 saturated carbocycles. The lowest BCUT2D eigenvalue weighted by molar-refractivity contribution is -0.159. The van der Waals surface area contributed by atoms with E-state index < -0.39 is 29.9 Å². The van der Waals surface area contributed by atoms with Gasteiger partial charge in [0.05, 0.1) is 0 Å². The van der Waals surface area contributed by atoms with Gasteiger partial charge in [0, 0.05) is 23.5 Å². The van der Waals surface area contributed by atoms with Gasteiger partial charge in [0.25, 0.3) is 11.8 Å². The van der Waals surface area contributed by atoms with E-state index in [9.17, 15) is 24.3 Å². The van der Waals surface area contributed by atoms with Gasteiger partial charge in [-0.1, -0.05) is 5.16 Å². The van der Waals surface area contributed by atoms with Crippen molar-refractivity contribution in [2.24, 2.45) is 5.16 Å². The van der Waals surface area contributed by atoms with Crippen LogP contribution in [0.3, 0.4) is 0 Å². The van der Waals surface area contributed by atoms with Crippen LogP contribution in [0.4, 0.5) is 5.13 Å². The first-order chi connectivity index (χ1) is 18.8. The number of carboxylic acid groups (broad SMARTS) is 1. The standard InChI is InChI=1S/C25H28N6O7S/c26-25-27-15(11-39-25)18(29-38-14-3-1-2-4-14)21(32)28-19-16-10-37-17(20(24(35)36)31(16)23(19)34)9-12-7-8-30(22(12)33)13-5-6-13/h9,11,13-14,16,19H,1-8,10H2,(H2,26,27)(H,28,32)(H,35,36)/b12-9+,29-18-/t16-,19+/m1/s1. The number of oxime groups is 1. The first kappa shape index (κ1) is 25.3. The highest BCUT2D eigenvalue weighted by molar-refractivity contribution is 7.13. The average molecular weight is 557 g/mol. The van der Waals surface area contributed by atoms with Crippen molar-refractivity contribution in [1.29, 1.82) is 0 Å². The first-order valence-corrected chi connectivity index (χ1v) is 13.9. The van der Waals surface area contributed by atoms with Gasteiger partial charge in [-0.25, -0.2) is 9.78 Å². The van der Waals surface area contributed by atoms with Crippen molar-refractivity contribution in [2.75, 3.05) is 18.9 Å². The Hall–Kier alpha value is -3.94. The van der Waals surface area contributed by atoms with Gasteiger partial charge in [-0.05, 0) is 51.0 Å². The molecule has 2 saturated heterocycles. The number of allylic oxidation sites excluding steroid dienone is 1. The molecular formula is C25H28N6O7S. The second-order valence-corrected chi connectivity index (χ2v) is 11.1. The van der Waals surface area contributed by atoms with E-state index in [4.69, 9.17) is 15.3 Å². The molecule has 0 radical (unpaired) electrons. The molecule has 0 spiro atoms. The summed E-state index contributed by atoms with van der Waals surface area (Å²) >= 11 is 1.14. The summed E-state index contributed by atoms with van der Waals surface area (Å²) in [7, 11) is 0. The molecule has 4 N–H and O–H groups in total. The number of aromatic nitrogens is 1. The third-order valence-corrected chi connectivity index (χ3v) is 8.29. The number of carbonyl (C=O) groups excluding carboxylic acids is 3.